The van der Waals surface area contributed by atoms with Gasteiger partial charge < -0.3 is 15.4 Å². The Kier molecular flexibility index (Phi) is 4.02. The van der Waals surface area contributed by atoms with E-state index in [9.17, 15) is 0 Å². The predicted molar refractivity (Wildman–Crippen MR) is 71.3 cm³/mol. The summed E-state index contributed by atoms with van der Waals surface area (Å²) in [6.07, 6.45) is 2.61. The second-order valence-electron chi connectivity index (χ2n) is 4.73. The molecule has 0 amide bonds. The van der Waals surface area contributed by atoms with Gasteiger partial charge in [0.25, 0.3) is 0 Å². The van der Waals surface area contributed by atoms with Gasteiger partial charge in [-0.05, 0) is 43.0 Å². The summed E-state index contributed by atoms with van der Waals surface area (Å²) in [6, 6.07) is 7.29. The Morgan fingerprint density at radius 1 is 1.41 bits per heavy atom. The van der Waals surface area contributed by atoms with E-state index in [0.717, 1.165) is 13.2 Å². The van der Waals surface area contributed by atoms with Gasteiger partial charge in [0.05, 0.1) is 6.61 Å². The number of nitrogens with zero attached hydrogens (tertiary/aromatic N) is 1. The summed E-state index contributed by atoms with van der Waals surface area (Å²) < 4.78 is 5.19. The largest absolute Gasteiger partial charge is 0.383 e. The first-order valence-corrected chi connectivity index (χ1v) is 6.31. The molecule has 0 unspecified atom stereocenters. The highest BCUT2D eigenvalue weighted by Gasteiger charge is 2.28. The van der Waals surface area contributed by atoms with Crippen molar-refractivity contribution < 1.29 is 4.74 Å². The molecule has 2 rings (SSSR count). The molecule has 0 radical (unpaired) electrons. The van der Waals surface area contributed by atoms with Crippen LogP contribution in [-0.2, 0) is 11.3 Å². The molecule has 17 heavy (non-hydrogen) atoms. The first-order chi connectivity index (χ1) is 8.26. The molecule has 0 bridgehead atoms. The maximum absolute atomic E-state index is 5.70. The van der Waals surface area contributed by atoms with Gasteiger partial charge in [-0.3, -0.25) is 0 Å². The van der Waals surface area contributed by atoms with Crippen LogP contribution in [0.15, 0.2) is 18.2 Å². The van der Waals surface area contributed by atoms with E-state index < -0.39 is 0 Å². The fourth-order valence-electron chi connectivity index (χ4n) is 2.19. The average molecular weight is 234 g/mol. The lowest BCUT2D eigenvalue weighted by molar-refractivity contribution is 0.205. The topological polar surface area (TPSA) is 38.5 Å². The number of methoxy groups -OCH3 is 1. The van der Waals surface area contributed by atoms with Crippen LogP contribution in [-0.4, -0.2) is 26.3 Å². The summed E-state index contributed by atoms with van der Waals surface area (Å²) in [5.74, 6) is 0. The number of rotatable bonds is 6. The van der Waals surface area contributed by atoms with E-state index in [2.05, 4.69) is 30.0 Å². The van der Waals surface area contributed by atoms with Crippen LogP contribution in [0.2, 0.25) is 0 Å². The molecule has 1 aliphatic carbocycles. The molecular weight excluding hydrogens is 212 g/mol. The first-order valence-electron chi connectivity index (χ1n) is 6.31. The van der Waals surface area contributed by atoms with Gasteiger partial charge in [-0.25, -0.2) is 0 Å². The van der Waals surface area contributed by atoms with Gasteiger partial charge in [-0.2, -0.15) is 0 Å². The summed E-state index contributed by atoms with van der Waals surface area (Å²) in [6.45, 7) is 4.51. The van der Waals surface area contributed by atoms with Gasteiger partial charge in [-0.1, -0.05) is 6.07 Å². The van der Waals surface area contributed by atoms with E-state index in [1.165, 1.54) is 29.7 Å². The molecule has 2 N–H and O–H groups in total. The molecule has 1 fully saturated rings. The zero-order chi connectivity index (χ0) is 12.3. The third kappa shape index (κ3) is 2.99. The maximum Gasteiger partial charge on any atom is 0.0637 e. The molecular formula is C14H22N2O. The van der Waals surface area contributed by atoms with Crippen molar-refractivity contribution in [1.82, 2.24) is 0 Å². The quantitative estimate of drug-likeness (QED) is 0.819. The van der Waals surface area contributed by atoms with E-state index >= 15 is 0 Å². The van der Waals surface area contributed by atoms with Crippen molar-refractivity contribution in [2.75, 3.05) is 25.2 Å². The van der Waals surface area contributed by atoms with Crippen LogP contribution in [0, 0.1) is 6.92 Å². The van der Waals surface area contributed by atoms with Gasteiger partial charge >= 0.3 is 0 Å². The number of ether oxygens (including phenoxy) is 1. The van der Waals surface area contributed by atoms with Crippen LogP contribution in [0.5, 0.6) is 0 Å². The van der Waals surface area contributed by atoms with Crippen molar-refractivity contribution in [3.8, 4) is 0 Å². The minimum atomic E-state index is 0.619. The van der Waals surface area contributed by atoms with E-state index in [4.69, 9.17) is 10.5 Å². The molecule has 1 aromatic carbocycles. The highest BCUT2D eigenvalue weighted by molar-refractivity contribution is 5.52. The second kappa shape index (κ2) is 5.52. The van der Waals surface area contributed by atoms with Crippen LogP contribution in [0.1, 0.15) is 24.0 Å². The van der Waals surface area contributed by atoms with Crippen LogP contribution in [0.25, 0.3) is 0 Å². The lowest BCUT2D eigenvalue weighted by Gasteiger charge is -2.25. The van der Waals surface area contributed by atoms with Crippen LogP contribution in [0.4, 0.5) is 5.69 Å². The first kappa shape index (κ1) is 12.4. The molecule has 94 valence electrons. The lowest BCUT2D eigenvalue weighted by Crippen LogP contribution is -2.29. The lowest BCUT2D eigenvalue weighted by atomic mass is 10.1. The minimum Gasteiger partial charge on any atom is -0.383 e. The summed E-state index contributed by atoms with van der Waals surface area (Å²) in [7, 11) is 1.76. The molecule has 0 spiro atoms. The molecule has 1 aromatic rings. The summed E-state index contributed by atoms with van der Waals surface area (Å²) in [5.41, 5.74) is 9.52. The Labute approximate surface area is 104 Å². The molecule has 0 aliphatic heterocycles. The minimum absolute atomic E-state index is 0.619. The van der Waals surface area contributed by atoms with Crippen molar-refractivity contribution in [1.29, 1.82) is 0 Å². The van der Waals surface area contributed by atoms with E-state index in [0.29, 0.717) is 12.6 Å². The summed E-state index contributed by atoms with van der Waals surface area (Å²) >= 11 is 0. The van der Waals surface area contributed by atoms with Crippen molar-refractivity contribution in [2.24, 2.45) is 5.73 Å². The average Bonchev–Trinajstić information content (AvgIpc) is 3.14. The number of aryl methyl sites for hydroxylation is 1. The normalized spacial score (nSPS) is 15.0. The van der Waals surface area contributed by atoms with Crippen molar-refractivity contribution >= 4 is 5.69 Å². The van der Waals surface area contributed by atoms with E-state index in [1.54, 1.807) is 7.11 Å². The Bertz CT molecular complexity index is 374. The SMILES string of the molecule is COCCN(c1ccc(CN)c(C)c1)C1CC1. The predicted octanol–water partition coefficient (Wildman–Crippen LogP) is 2.07. The Morgan fingerprint density at radius 2 is 2.18 bits per heavy atom. The monoisotopic (exact) mass is 234 g/mol. The highest BCUT2D eigenvalue weighted by atomic mass is 16.5. The van der Waals surface area contributed by atoms with Gasteiger partial charge in [-0.15, -0.1) is 0 Å². The van der Waals surface area contributed by atoms with Gasteiger partial charge in [0.2, 0.25) is 0 Å². The maximum atomic E-state index is 5.70. The molecule has 3 heteroatoms. The van der Waals surface area contributed by atoms with E-state index in [1.807, 2.05) is 0 Å². The molecule has 0 saturated heterocycles. The molecule has 0 atom stereocenters. The smallest absolute Gasteiger partial charge is 0.0637 e. The van der Waals surface area contributed by atoms with E-state index in [-0.39, 0.29) is 0 Å². The van der Waals surface area contributed by atoms with Gasteiger partial charge in [0.1, 0.15) is 0 Å². The van der Waals surface area contributed by atoms with Crippen molar-refractivity contribution in [2.45, 2.75) is 32.4 Å². The highest BCUT2D eigenvalue weighted by Crippen LogP contribution is 2.32. The zero-order valence-electron chi connectivity index (χ0n) is 10.8. The summed E-state index contributed by atoms with van der Waals surface area (Å²) in [4.78, 5) is 2.46. The molecule has 1 aliphatic rings. The molecule has 1 saturated carbocycles. The van der Waals surface area contributed by atoms with Crippen LogP contribution >= 0.6 is 0 Å². The van der Waals surface area contributed by atoms with Crippen molar-refractivity contribution in [3.63, 3.8) is 0 Å². The number of hydrogen-bond acceptors (Lipinski definition) is 3. The summed E-state index contributed by atoms with van der Waals surface area (Å²) in [5, 5.41) is 0. The fraction of sp³-hybridized carbons (Fsp3) is 0.571. The Morgan fingerprint density at radius 3 is 2.71 bits per heavy atom. The Balaban J connectivity index is 2.14. The second-order valence-corrected chi connectivity index (χ2v) is 4.73. The third-order valence-electron chi connectivity index (χ3n) is 3.40. The number of hydrogen-bond donors (Lipinski definition) is 1. The van der Waals surface area contributed by atoms with Gasteiger partial charge in [0, 0.05) is 31.9 Å². The molecule has 0 aromatic heterocycles. The number of anilines is 1. The van der Waals surface area contributed by atoms with Crippen LogP contribution in [0.3, 0.4) is 0 Å². The third-order valence-corrected chi connectivity index (χ3v) is 3.40. The van der Waals surface area contributed by atoms with Crippen molar-refractivity contribution in [3.05, 3.63) is 29.3 Å². The Hall–Kier alpha value is -1.06. The fourth-order valence-corrected chi connectivity index (χ4v) is 2.19. The standard InChI is InChI=1S/C14H22N2O/c1-11-9-14(4-3-12(11)10-15)16(7-8-17-2)13-5-6-13/h3-4,9,13H,5-8,10,15H2,1-2H3. The molecule has 3 nitrogen and oxygen atoms in total. The number of benzene rings is 1. The van der Waals surface area contributed by atoms with Crippen LogP contribution < -0.4 is 10.6 Å². The molecule has 0 heterocycles. The zero-order valence-corrected chi connectivity index (χ0v) is 10.8. The number of nitrogens with two attached hydrogens (primary N) is 1. The van der Waals surface area contributed by atoms with Gasteiger partial charge in [0.15, 0.2) is 0 Å².